The number of thiophene rings is 1. The first-order chi connectivity index (χ1) is 27.6. The van der Waals surface area contributed by atoms with Gasteiger partial charge in [0.15, 0.2) is 5.82 Å². The molecule has 3 aromatic heterocycles. The first-order valence-electron chi connectivity index (χ1n) is 18.8. The van der Waals surface area contributed by atoms with E-state index in [9.17, 15) is 19.2 Å². The van der Waals surface area contributed by atoms with Gasteiger partial charge in [0.05, 0.1) is 20.8 Å². The highest BCUT2D eigenvalue weighted by molar-refractivity contribution is 7.23. The van der Waals surface area contributed by atoms with Crippen molar-refractivity contribution in [1.29, 1.82) is 5.26 Å². The third kappa shape index (κ3) is 8.07. The predicted octanol–water partition coefficient (Wildman–Crippen LogP) is 8.89. The number of carbonyl (C=O) groups excluding carboxylic acids is 2. The molecule has 0 aliphatic carbocycles. The molecule has 2 fully saturated rings. The Morgan fingerprint density at radius 1 is 1.19 bits per heavy atom. The Kier molecular flexibility index (Phi) is 11.4. The topological polar surface area (TPSA) is 137 Å². The minimum atomic E-state index is -0.993. The molecule has 2 amide bonds. The van der Waals surface area contributed by atoms with E-state index < -0.39 is 35.0 Å². The van der Waals surface area contributed by atoms with Crippen molar-refractivity contribution in [2.24, 2.45) is 0 Å². The molecular formula is C41H42ClF3N8O4S. The summed E-state index contributed by atoms with van der Waals surface area (Å²) in [5, 5.41) is 13.1. The lowest BCUT2D eigenvalue weighted by atomic mass is 9.95. The van der Waals surface area contributed by atoms with Crippen LogP contribution in [-0.2, 0) is 9.53 Å². The van der Waals surface area contributed by atoms with Gasteiger partial charge < -0.3 is 14.4 Å². The highest BCUT2D eigenvalue weighted by atomic mass is 35.5. The van der Waals surface area contributed by atoms with E-state index in [2.05, 4.69) is 20.2 Å². The van der Waals surface area contributed by atoms with Crippen LogP contribution in [0, 0.1) is 23.0 Å². The number of hydrogen-bond donors (Lipinski definition) is 1. The van der Waals surface area contributed by atoms with Crippen molar-refractivity contribution in [3.63, 3.8) is 0 Å². The molecule has 5 heterocycles. The minimum absolute atomic E-state index is 0.00542. The molecule has 304 valence electrons. The van der Waals surface area contributed by atoms with E-state index in [1.165, 1.54) is 17.0 Å². The number of aromatic nitrogens is 3. The number of benzene rings is 2. The molecule has 58 heavy (non-hydrogen) atoms. The van der Waals surface area contributed by atoms with Crippen molar-refractivity contribution in [3.8, 4) is 23.2 Å². The number of nitrogens with one attached hydrogen (secondary N) is 1. The molecule has 2 atom stereocenters. The highest BCUT2D eigenvalue weighted by Gasteiger charge is 2.49. The third-order valence-corrected chi connectivity index (χ3v) is 11.9. The van der Waals surface area contributed by atoms with Crippen LogP contribution in [0.5, 0.6) is 6.01 Å². The van der Waals surface area contributed by atoms with Gasteiger partial charge in [-0.2, -0.15) is 15.2 Å². The molecule has 2 aromatic carbocycles. The van der Waals surface area contributed by atoms with E-state index >= 15 is 8.78 Å². The molecule has 17 heteroatoms. The van der Waals surface area contributed by atoms with Gasteiger partial charge in [-0.25, -0.2) is 22.9 Å². The average molecular weight is 835 g/mol. The maximum atomic E-state index is 17.3. The zero-order valence-electron chi connectivity index (χ0n) is 32.7. The molecule has 0 bridgehead atoms. The van der Waals surface area contributed by atoms with Gasteiger partial charge >= 0.3 is 12.1 Å². The summed E-state index contributed by atoms with van der Waals surface area (Å²) in [4.78, 5) is 44.5. The van der Waals surface area contributed by atoms with Crippen LogP contribution in [0.3, 0.4) is 0 Å². The van der Waals surface area contributed by atoms with E-state index in [1.54, 1.807) is 64.2 Å². The standard InChI is InChI=1S/C41H42ClF3N8O4S/c1-40(2,3)57-39(55)50-37-26(20-46)31-24(12-13-28(44)35(31)58-37)32-27(42)18-25-34(33(32)45)48-38(56-22-41-14-9-17-53(41)21-23(43)19-41)49-36(25)51(4)16-8-11-30(54)52(5)29-10-6-7-15-47-29/h6-7,10,12-13,15,18,23H,8-9,11,14,16-17,19,21-22H2,1-5H3,(H,50,55)/t23-,41+/m1/s1. The van der Waals surface area contributed by atoms with Crippen LogP contribution in [0.15, 0.2) is 42.6 Å². The number of pyridine rings is 1. The number of alkyl halides is 1. The molecule has 2 aliphatic heterocycles. The lowest BCUT2D eigenvalue weighted by Crippen LogP contribution is -2.43. The first kappa shape index (κ1) is 40.9. The van der Waals surface area contributed by atoms with E-state index in [0.29, 0.717) is 31.7 Å². The van der Waals surface area contributed by atoms with Gasteiger partial charge in [0.25, 0.3) is 0 Å². The number of fused-ring (bicyclic) bond motifs is 3. The number of ether oxygens (including phenoxy) is 2. The van der Waals surface area contributed by atoms with Crippen LogP contribution in [0.4, 0.5) is 34.6 Å². The van der Waals surface area contributed by atoms with Gasteiger partial charge in [0.1, 0.15) is 52.4 Å². The fourth-order valence-electron chi connectivity index (χ4n) is 7.80. The number of nitrogens with zero attached hydrogens (tertiary/aromatic N) is 7. The summed E-state index contributed by atoms with van der Waals surface area (Å²) in [6, 6.07) is 11.2. The predicted molar refractivity (Wildman–Crippen MR) is 219 cm³/mol. The van der Waals surface area contributed by atoms with Crippen LogP contribution >= 0.6 is 22.9 Å². The Morgan fingerprint density at radius 2 is 1.98 bits per heavy atom. The van der Waals surface area contributed by atoms with Gasteiger partial charge in [0, 0.05) is 62.6 Å². The molecule has 12 nitrogen and oxygen atoms in total. The molecule has 5 aromatic rings. The van der Waals surface area contributed by atoms with Crippen LogP contribution in [0.2, 0.25) is 5.02 Å². The summed E-state index contributed by atoms with van der Waals surface area (Å²) in [7, 11) is 3.40. The van der Waals surface area contributed by atoms with Crippen molar-refractivity contribution >= 4 is 72.6 Å². The smallest absolute Gasteiger partial charge is 0.412 e. The zero-order chi connectivity index (χ0) is 41.5. The Balaban J connectivity index is 1.28. The molecule has 2 aliphatic rings. The van der Waals surface area contributed by atoms with Crippen molar-refractivity contribution in [2.75, 3.05) is 55.5 Å². The largest absolute Gasteiger partial charge is 0.461 e. The maximum Gasteiger partial charge on any atom is 0.412 e. The minimum Gasteiger partial charge on any atom is -0.461 e. The normalized spacial score (nSPS) is 18.0. The molecule has 7 rings (SSSR count). The lowest BCUT2D eigenvalue weighted by molar-refractivity contribution is -0.118. The Labute approximate surface area is 342 Å². The summed E-state index contributed by atoms with van der Waals surface area (Å²) in [5.74, 6) is -0.929. The molecule has 2 saturated heterocycles. The number of amides is 2. The summed E-state index contributed by atoms with van der Waals surface area (Å²) in [6.45, 7) is 6.50. The number of carbonyl (C=O) groups is 2. The summed E-state index contributed by atoms with van der Waals surface area (Å²) < 4.78 is 58.9. The average Bonchev–Trinajstić information content (AvgIpc) is 3.83. The van der Waals surface area contributed by atoms with E-state index in [-0.39, 0.29) is 78.5 Å². The Hall–Kier alpha value is -5.24. The van der Waals surface area contributed by atoms with Crippen LogP contribution in [0.1, 0.15) is 58.4 Å². The van der Waals surface area contributed by atoms with E-state index in [1.807, 2.05) is 6.07 Å². The molecule has 1 N–H and O–H groups in total. The van der Waals surface area contributed by atoms with Crippen LogP contribution in [0.25, 0.3) is 32.1 Å². The SMILES string of the molecule is CN(CCCC(=O)N(C)c1ccccn1)c1nc(OC[C@@]23CCCN2C[C@H](F)C3)nc2c(F)c(-c3ccc(F)c4sc(NC(=O)OC(C)(C)C)c(C#N)c34)c(Cl)cc12. The van der Waals surface area contributed by atoms with Crippen molar-refractivity contribution in [3.05, 3.63) is 64.8 Å². The van der Waals surface area contributed by atoms with Crippen molar-refractivity contribution in [1.82, 2.24) is 19.9 Å². The fraction of sp³-hybridized carbons (Fsp3) is 0.415. The van der Waals surface area contributed by atoms with Crippen molar-refractivity contribution in [2.45, 2.75) is 70.2 Å². The zero-order valence-corrected chi connectivity index (χ0v) is 34.2. The van der Waals surface area contributed by atoms with Gasteiger partial charge in [-0.15, -0.1) is 11.3 Å². The maximum absolute atomic E-state index is 17.3. The quantitative estimate of drug-likeness (QED) is 0.137. The molecular weight excluding hydrogens is 793 g/mol. The second-order valence-corrected chi connectivity index (χ2v) is 17.1. The monoisotopic (exact) mass is 834 g/mol. The summed E-state index contributed by atoms with van der Waals surface area (Å²) in [5.41, 5.74) is -1.71. The van der Waals surface area contributed by atoms with Gasteiger partial charge in [-0.1, -0.05) is 23.7 Å². The summed E-state index contributed by atoms with van der Waals surface area (Å²) >= 11 is 7.72. The molecule has 0 radical (unpaired) electrons. The van der Waals surface area contributed by atoms with Gasteiger partial charge in [-0.3, -0.25) is 19.9 Å². The van der Waals surface area contributed by atoms with Crippen molar-refractivity contribution < 1.29 is 32.2 Å². The number of rotatable bonds is 11. The lowest BCUT2D eigenvalue weighted by Gasteiger charge is -2.31. The van der Waals surface area contributed by atoms with Crippen LogP contribution < -0.4 is 19.9 Å². The second-order valence-electron chi connectivity index (χ2n) is 15.6. The number of halogens is 4. The highest BCUT2D eigenvalue weighted by Crippen LogP contribution is 2.47. The number of hydrogen-bond acceptors (Lipinski definition) is 11. The fourth-order valence-corrected chi connectivity index (χ4v) is 9.16. The van der Waals surface area contributed by atoms with Gasteiger partial charge in [-0.05, 0) is 76.4 Å². The summed E-state index contributed by atoms with van der Waals surface area (Å²) in [6.07, 6.45) is 2.27. The Bertz CT molecular complexity index is 2440. The van der Waals surface area contributed by atoms with Crippen LogP contribution in [-0.4, -0.2) is 89.5 Å². The van der Waals surface area contributed by atoms with E-state index in [4.69, 9.17) is 26.1 Å². The third-order valence-electron chi connectivity index (χ3n) is 10.5. The molecule has 0 spiro atoms. The Morgan fingerprint density at radius 3 is 2.71 bits per heavy atom. The van der Waals surface area contributed by atoms with Gasteiger partial charge in [0.2, 0.25) is 5.91 Å². The number of anilines is 3. The number of nitriles is 1. The molecule has 0 saturated carbocycles. The second kappa shape index (κ2) is 16.2. The molecule has 0 unspecified atom stereocenters. The first-order valence-corrected chi connectivity index (χ1v) is 20.0. The van der Waals surface area contributed by atoms with E-state index in [0.717, 1.165) is 36.8 Å².